The highest BCUT2D eigenvalue weighted by atomic mass is 14.6. The minimum atomic E-state index is 0.988. The molecule has 0 aromatic carbocycles. The predicted molar refractivity (Wildman–Crippen MR) is 46.9 cm³/mol. The SMILES string of the molecule is NC1=CCCC2=C1C=CCC2. The summed E-state index contributed by atoms with van der Waals surface area (Å²) in [7, 11) is 0. The van der Waals surface area contributed by atoms with Crippen LogP contribution in [-0.2, 0) is 0 Å². The van der Waals surface area contributed by atoms with Gasteiger partial charge in [0.25, 0.3) is 0 Å². The van der Waals surface area contributed by atoms with Gasteiger partial charge < -0.3 is 5.73 Å². The van der Waals surface area contributed by atoms with Crippen molar-refractivity contribution in [1.82, 2.24) is 0 Å². The van der Waals surface area contributed by atoms with E-state index in [1.807, 2.05) is 0 Å². The number of nitrogens with two attached hydrogens (primary N) is 1. The molecule has 0 bridgehead atoms. The molecular weight excluding hydrogens is 134 g/mol. The Bertz CT molecular complexity index is 252. The van der Waals surface area contributed by atoms with Crippen molar-refractivity contribution in [2.24, 2.45) is 5.73 Å². The van der Waals surface area contributed by atoms with Crippen molar-refractivity contribution in [3.8, 4) is 0 Å². The summed E-state index contributed by atoms with van der Waals surface area (Å²) in [4.78, 5) is 0. The summed E-state index contributed by atoms with van der Waals surface area (Å²) in [5.74, 6) is 0. The second-order valence-electron chi connectivity index (χ2n) is 3.16. The average Bonchev–Trinajstić information content (AvgIpc) is 2.06. The Labute approximate surface area is 67.3 Å². The monoisotopic (exact) mass is 147 g/mol. The lowest BCUT2D eigenvalue weighted by atomic mass is 9.88. The van der Waals surface area contributed by atoms with Crippen LogP contribution in [0.2, 0.25) is 0 Å². The average molecular weight is 147 g/mol. The van der Waals surface area contributed by atoms with Gasteiger partial charge in [0.15, 0.2) is 0 Å². The van der Waals surface area contributed by atoms with Gasteiger partial charge in [0.2, 0.25) is 0 Å². The van der Waals surface area contributed by atoms with E-state index in [0.29, 0.717) is 0 Å². The minimum absolute atomic E-state index is 0.988. The van der Waals surface area contributed by atoms with E-state index < -0.39 is 0 Å². The lowest BCUT2D eigenvalue weighted by Gasteiger charge is -2.19. The van der Waals surface area contributed by atoms with Crippen molar-refractivity contribution < 1.29 is 0 Å². The maximum absolute atomic E-state index is 5.84. The molecule has 2 rings (SSSR count). The van der Waals surface area contributed by atoms with Gasteiger partial charge >= 0.3 is 0 Å². The molecule has 0 atom stereocenters. The number of rotatable bonds is 0. The molecule has 2 aliphatic rings. The van der Waals surface area contributed by atoms with Crippen LogP contribution in [0.25, 0.3) is 0 Å². The van der Waals surface area contributed by atoms with E-state index in [4.69, 9.17) is 5.73 Å². The van der Waals surface area contributed by atoms with E-state index in [1.165, 1.54) is 24.8 Å². The van der Waals surface area contributed by atoms with Gasteiger partial charge in [-0.15, -0.1) is 0 Å². The third-order valence-corrected chi connectivity index (χ3v) is 2.40. The molecule has 1 nitrogen and oxygen atoms in total. The first kappa shape index (κ1) is 6.71. The Hall–Kier alpha value is -0.980. The first-order chi connectivity index (χ1) is 5.38. The molecule has 0 fully saturated rings. The number of hydrogen-bond acceptors (Lipinski definition) is 1. The third kappa shape index (κ3) is 1.11. The first-order valence-electron chi connectivity index (χ1n) is 4.22. The highest BCUT2D eigenvalue weighted by Gasteiger charge is 2.12. The normalized spacial score (nSPS) is 23.1. The second-order valence-corrected chi connectivity index (χ2v) is 3.16. The van der Waals surface area contributed by atoms with E-state index in [1.54, 1.807) is 5.57 Å². The molecule has 0 heterocycles. The van der Waals surface area contributed by atoms with Crippen LogP contribution < -0.4 is 5.73 Å². The molecule has 0 saturated heterocycles. The summed E-state index contributed by atoms with van der Waals surface area (Å²) in [6.07, 6.45) is 11.3. The number of allylic oxidation sites excluding steroid dienone is 4. The molecule has 2 aliphatic carbocycles. The van der Waals surface area contributed by atoms with Crippen molar-refractivity contribution in [3.63, 3.8) is 0 Å². The fourth-order valence-corrected chi connectivity index (χ4v) is 1.78. The molecular formula is C10H13N. The molecule has 11 heavy (non-hydrogen) atoms. The molecule has 0 saturated carbocycles. The zero-order chi connectivity index (χ0) is 7.68. The van der Waals surface area contributed by atoms with Crippen LogP contribution in [-0.4, -0.2) is 0 Å². The molecule has 0 aromatic rings. The van der Waals surface area contributed by atoms with Gasteiger partial charge in [0.1, 0.15) is 0 Å². The Balaban J connectivity index is 2.38. The summed E-state index contributed by atoms with van der Waals surface area (Å²) in [6, 6.07) is 0. The maximum Gasteiger partial charge on any atom is 0.0346 e. The highest BCUT2D eigenvalue weighted by molar-refractivity contribution is 5.45. The van der Waals surface area contributed by atoms with Gasteiger partial charge in [-0.1, -0.05) is 23.8 Å². The van der Waals surface area contributed by atoms with Crippen molar-refractivity contribution in [2.45, 2.75) is 25.7 Å². The lowest BCUT2D eigenvalue weighted by molar-refractivity contribution is 0.817. The fourth-order valence-electron chi connectivity index (χ4n) is 1.78. The Morgan fingerprint density at radius 2 is 2.00 bits per heavy atom. The largest absolute Gasteiger partial charge is 0.399 e. The minimum Gasteiger partial charge on any atom is -0.399 e. The van der Waals surface area contributed by atoms with Crippen LogP contribution in [0, 0.1) is 0 Å². The summed E-state index contributed by atoms with van der Waals surface area (Å²) >= 11 is 0. The van der Waals surface area contributed by atoms with Gasteiger partial charge in [-0.3, -0.25) is 0 Å². The third-order valence-electron chi connectivity index (χ3n) is 2.40. The standard InChI is InChI=1S/C10H13N/c11-10-7-3-5-8-4-1-2-6-9(8)10/h2,6-7H,1,3-5,11H2. The van der Waals surface area contributed by atoms with Gasteiger partial charge in [-0.05, 0) is 31.3 Å². The molecule has 58 valence electrons. The van der Waals surface area contributed by atoms with Crippen LogP contribution in [0.3, 0.4) is 0 Å². The summed E-state index contributed by atoms with van der Waals surface area (Å²) in [5, 5.41) is 0. The summed E-state index contributed by atoms with van der Waals surface area (Å²) < 4.78 is 0. The summed E-state index contributed by atoms with van der Waals surface area (Å²) in [6.45, 7) is 0. The van der Waals surface area contributed by atoms with E-state index in [9.17, 15) is 0 Å². The molecule has 0 aliphatic heterocycles. The van der Waals surface area contributed by atoms with E-state index in [0.717, 1.165) is 12.1 Å². The van der Waals surface area contributed by atoms with Crippen molar-refractivity contribution >= 4 is 0 Å². The van der Waals surface area contributed by atoms with Crippen LogP contribution in [0.1, 0.15) is 25.7 Å². The van der Waals surface area contributed by atoms with Crippen LogP contribution in [0.5, 0.6) is 0 Å². The van der Waals surface area contributed by atoms with Gasteiger partial charge in [-0.25, -0.2) is 0 Å². The quantitative estimate of drug-likeness (QED) is 0.559. The Kier molecular flexibility index (Phi) is 1.57. The zero-order valence-corrected chi connectivity index (χ0v) is 6.64. The van der Waals surface area contributed by atoms with E-state index in [-0.39, 0.29) is 0 Å². The zero-order valence-electron chi connectivity index (χ0n) is 6.64. The molecule has 0 spiro atoms. The van der Waals surface area contributed by atoms with Crippen LogP contribution >= 0.6 is 0 Å². The summed E-state index contributed by atoms with van der Waals surface area (Å²) in [5.41, 5.74) is 9.70. The lowest BCUT2D eigenvalue weighted by Crippen LogP contribution is -2.08. The number of hydrogen-bond donors (Lipinski definition) is 1. The first-order valence-corrected chi connectivity index (χ1v) is 4.22. The molecule has 0 amide bonds. The predicted octanol–water partition coefficient (Wildman–Crippen LogP) is 2.27. The van der Waals surface area contributed by atoms with Gasteiger partial charge in [-0.2, -0.15) is 0 Å². The van der Waals surface area contributed by atoms with Crippen molar-refractivity contribution in [3.05, 3.63) is 35.1 Å². The van der Waals surface area contributed by atoms with Gasteiger partial charge in [0.05, 0.1) is 0 Å². The molecule has 1 heteroatoms. The van der Waals surface area contributed by atoms with Gasteiger partial charge in [0, 0.05) is 5.70 Å². The fraction of sp³-hybridized carbons (Fsp3) is 0.400. The van der Waals surface area contributed by atoms with Crippen LogP contribution in [0.15, 0.2) is 35.1 Å². The second kappa shape index (κ2) is 2.57. The Morgan fingerprint density at radius 3 is 2.82 bits per heavy atom. The van der Waals surface area contributed by atoms with E-state index in [2.05, 4.69) is 18.2 Å². The maximum atomic E-state index is 5.84. The molecule has 0 aromatic heterocycles. The molecule has 0 unspecified atom stereocenters. The van der Waals surface area contributed by atoms with Crippen molar-refractivity contribution in [1.29, 1.82) is 0 Å². The topological polar surface area (TPSA) is 26.0 Å². The molecule has 2 N–H and O–H groups in total. The van der Waals surface area contributed by atoms with E-state index >= 15 is 0 Å². The highest BCUT2D eigenvalue weighted by Crippen LogP contribution is 2.29. The van der Waals surface area contributed by atoms with Crippen LogP contribution in [0.4, 0.5) is 0 Å². The molecule has 0 radical (unpaired) electrons. The van der Waals surface area contributed by atoms with Crippen molar-refractivity contribution in [2.75, 3.05) is 0 Å². The Morgan fingerprint density at radius 1 is 1.18 bits per heavy atom. The smallest absolute Gasteiger partial charge is 0.0346 e.